The minimum absolute atomic E-state index is 0.0646. The maximum absolute atomic E-state index is 12.3. The highest BCUT2D eigenvalue weighted by atomic mass is 16.3. The number of aromatic nitrogens is 3. The molecule has 28 heavy (non-hydrogen) atoms. The Balaban J connectivity index is 1.75. The molecule has 3 heterocycles. The molecule has 0 saturated carbocycles. The van der Waals surface area contributed by atoms with E-state index in [-0.39, 0.29) is 29.6 Å². The highest BCUT2D eigenvalue weighted by Gasteiger charge is 2.28. The van der Waals surface area contributed by atoms with Crippen molar-refractivity contribution >= 4 is 11.7 Å². The molecule has 0 aromatic carbocycles. The van der Waals surface area contributed by atoms with Crippen molar-refractivity contribution in [3.8, 4) is 5.75 Å². The molecule has 2 N–H and O–H groups in total. The number of nitrogens with zero attached hydrogens (tertiary/aromatic N) is 5. The van der Waals surface area contributed by atoms with Crippen LogP contribution < -0.4 is 10.2 Å². The highest BCUT2D eigenvalue weighted by Crippen LogP contribution is 2.26. The Hall–Kier alpha value is -2.74. The van der Waals surface area contributed by atoms with Crippen LogP contribution in [0.5, 0.6) is 5.75 Å². The molecule has 0 aliphatic carbocycles. The van der Waals surface area contributed by atoms with Crippen LogP contribution in [0.15, 0.2) is 18.3 Å². The average molecular weight is 384 g/mol. The van der Waals surface area contributed by atoms with Crippen molar-refractivity contribution in [2.24, 2.45) is 0 Å². The summed E-state index contributed by atoms with van der Waals surface area (Å²) in [5.74, 6) is 1.05. The van der Waals surface area contributed by atoms with Gasteiger partial charge >= 0.3 is 0 Å². The second-order valence-corrected chi connectivity index (χ2v) is 7.51. The molecule has 150 valence electrons. The molecule has 3 rings (SSSR count). The predicted octanol–water partition coefficient (Wildman–Crippen LogP) is 1.83. The van der Waals surface area contributed by atoms with E-state index in [0.29, 0.717) is 5.69 Å². The largest absolute Gasteiger partial charge is 0.506 e. The Bertz CT molecular complexity index is 870. The fourth-order valence-electron chi connectivity index (χ4n) is 3.48. The van der Waals surface area contributed by atoms with E-state index in [0.717, 1.165) is 36.6 Å². The quantitative estimate of drug-likeness (QED) is 0.812. The van der Waals surface area contributed by atoms with E-state index in [1.807, 2.05) is 20.8 Å². The van der Waals surface area contributed by atoms with Crippen molar-refractivity contribution in [3.05, 3.63) is 41.1 Å². The molecular weight excluding hydrogens is 356 g/mol. The second kappa shape index (κ2) is 8.10. The Morgan fingerprint density at radius 3 is 2.79 bits per heavy atom. The van der Waals surface area contributed by atoms with E-state index in [4.69, 9.17) is 0 Å². The molecular formula is C20H28N6O2. The normalized spacial score (nSPS) is 17.6. The summed E-state index contributed by atoms with van der Waals surface area (Å²) >= 11 is 0. The topological polar surface area (TPSA) is 94.5 Å². The summed E-state index contributed by atoms with van der Waals surface area (Å²) in [6.07, 6.45) is 2.63. The Kier molecular flexibility index (Phi) is 5.79. The summed E-state index contributed by atoms with van der Waals surface area (Å²) in [7, 11) is 3.40. The predicted molar refractivity (Wildman–Crippen MR) is 108 cm³/mol. The standard InChI is InChI=1S/C20H28N6O2/c1-12-13(2)23-18(20(28)25(4)5)24-19(12)26-10-8-15(11-26)22-14(3)17-16(27)7-6-9-21-17/h6-7,9,14-15,22,27H,8,10-11H2,1-5H3/t14?,15-/m1/s1. The van der Waals surface area contributed by atoms with Crippen LogP contribution in [0.1, 0.15) is 47.0 Å². The van der Waals surface area contributed by atoms with Crippen LogP contribution in [0.25, 0.3) is 0 Å². The number of rotatable bonds is 5. The first-order chi connectivity index (χ1) is 13.3. The monoisotopic (exact) mass is 384 g/mol. The number of aryl methyl sites for hydroxylation is 1. The Morgan fingerprint density at radius 2 is 2.11 bits per heavy atom. The van der Waals surface area contributed by atoms with E-state index >= 15 is 0 Å². The van der Waals surface area contributed by atoms with E-state index in [1.165, 1.54) is 4.90 Å². The molecule has 0 bridgehead atoms. The van der Waals surface area contributed by atoms with Crippen molar-refractivity contribution in [1.29, 1.82) is 0 Å². The van der Waals surface area contributed by atoms with Gasteiger partial charge < -0.3 is 20.2 Å². The first-order valence-electron chi connectivity index (χ1n) is 9.49. The maximum atomic E-state index is 12.3. The van der Waals surface area contributed by atoms with Gasteiger partial charge in [-0.1, -0.05) is 0 Å². The lowest BCUT2D eigenvalue weighted by Gasteiger charge is -2.23. The lowest BCUT2D eigenvalue weighted by Crippen LogP contribution is -2.35. The van der Waals surface area contributed by atoms with Crippen LogP contribution in [0.3, 0.4) is 0 Å². The zero-order valence-electron chi connectivity index (χ0n) is 17.1. The summed E-state index contributed by atoms with van der Waals surface area (Å²) in [6, 6.07) is 3.54. The number of anilines is 1. The van der Waals surface area contributed by atoms with Crippen molar-refractivity contribution in [2.75, 3.05) is 32.1 Å². The number of carbonyl (C=O) groups is 1. The van der Waals surface area contributed by atoms with Gasteiger partial charge in [-0.05, 0) is 39.3 Å². The molecule has 1 aliphatic heterocycles. The maximum Gasteiger partial charge on any atom is 0.291 e. The SMILES string of the molecule is Cc1nc(C(=O)N(C)C)nc(N2CC[C@@H](NC(C)c3ncccc3O)C2)c1C. The van der Waals surface area contributed by atoms with Gasteiger partial charge in [0.25, 0.3) is 5.91 Å². The number of carbonyl (C=O) groups excluding carboxylic acids is 1. The summed E-state index contributed by atoms with van der Waals surface area (Å²) in [4.78, 5) is 29.2. The molecule has 8 heteroatoms. The van der Waals surface area contributed by atoms with Gasteiger partial charge in [-0.3, -0.25) is 9.78 Å². The third kappa shape index (κ3) is 4.06. The van der Waals surface area contributed by atoms with Crippen molar-refractivity contribution < 1.29 is 9.90 Å². The Morgan fingerprint density at radius 1 is 1.36 bits per heavy atom. The summed E-state index contributed by atoms with van der Waals surface area (Å²) in [6.45, 7) is 7.50. The molecule has 1 fully saturated rings. The van der Waals surface area contributed by atoms with Gasteiger partial charge in [0.1, 0.15) is 11.6 Å². The van der Waals surface area contributed by atoms with Gasteiger partial charge in [0.15, 0.2) is 0 Å². The number of aromatic hydroxyl groups is 1. The van der Waals surface area contributed by atoms with Crippen molar-refractivity contribution in [2.45, 2.75) is 39.3 Å². The van der Waals surface area contributed by atoms with Crippen LogP contribution in [-0.2, 0) is 0 Å². The molecule has 1 aliphatic rings. The lowest BCUT2D eigenvalue weighted by atomic mass is 10.1. The minimum Gasteiger partial charge on any atom is -0.506 e. The van der Waals surface area contributed by atoms with Gasteiger partial charge in [0.2, 0.25) is 5.82 Å². The summed E-state index contributed by atoms with van der Waals surface area (Å²) in [5.41, 5.74) is 2.46. The van der Waals surface area contributed by atoms with Gasteiger partial charge in [-0.15, -0.1) is 0 Å². The molecule has 2 aromatic heterocycles. The number of hydrogen-bond acceptors (Lipinski definition) is 7. The zero-order chi connectivity index (χ0) is 20.4. The third-order valence-corrected chi connectivity index (χ3v) is 5.16. The lowest BCUT2D eigenvalue weighted by molar-refractivity contribution is 0.0815. The van der Waals surface area contributed by atoms with E-state index in [9.17, 15) is 9.90 Å². The summed E-state index contributed by atoms with van der Waals surface area (Å²) in [5, 5.41) is 13.6. The Labute approximate surface area is 165 Å². The molecule has 8 nitrogen and oxygen atoms in total. The van der Waals surface area contributed by atoms with Crippen LogP contribution in [0, 0.1) is 13.8 Å². The van der Waals surface area contributed by atoms with Crippen LogP contribution in [-0.4, -0.2) is 64.1 Å². The van der Waals surface area contributed by atoms with Crippen molar-refractivity contribution in [3.63, 3.8) is 0 Å². The first kappa shape index (κ1) is 20.0. The van der Waals surface area contributed by atoms with Crippen molar-refractivity contribution in [1.82, 2.24) is 25.2 Å². The number of pyridine rings is 1. The van der Waals surface area contributed by atoms with E-state index < -0.39 is 0 Å². The molecule has 0 radical (unpaired) electrons. The number of nitrogens with one attached hydrogen (secondary N) is 1. The minimum atomic E-state index is -0.197. The van der Waals surface area contributed by atoms with Crippen LogP contribution in [0.2, 0.25) is 0 Å². The third-order valence-electron chi connectivity index (χ3n) is 5.16. The first-order valence-corrected chi connectivity index (χ1v) is 9.49. The fraction of sp³-hybridized carbons (Fsp3) is 0.500. The van der Waals surface area contributed by atoms with Crippen LogP contribution >= 0.6 is 0 Å². The van der Waals surface area contributed by atoms with E-state index in [2.05, 4.69) is 25.2 Å². The zero-order valence-corrected chi connectivity index (χ0v) is 17.1. The van der Waals surface area contributed by atoms with Gasteiger partial charge in [0.05, 0.1) is 11.7 Å². The van der Waals surface area contributed by atoms with E-state index in [1.54, 1.807) is 32.4 Å². The summed E-state index contributed by atoms with van der Waals surface area (Å²) < 4.78 is 0. The molecule has 1 amide bonds. The van der Waals surface area contributed by atoms with Gasteiger partial charge in [0, 0.05) is 50.7 Å². The number of hydrogen-bond donors (Lipinski definition) is 2. The molecule has 0 spiro atoms. The fourth-order valence-corrected chi connectivity index (χ4v) is 3.48. The second-order valence-electron chi connectivity index (χ2n) is 7.51. The molecule has 2 aromatic rings. The van der Waals surface area contributed by atoms with Gasteiger partial charge in [-0.2, -0.15) is 0 Å². The van der Waals surface area contributed by atoms with Gasteiger partial charge in [-0.25, -0.2) is 9.97 Å². The molecule has 1 unspecified atom stereocenters. The number of amides is 1. The smallest absolute Gasteiger partial charge is 0.291 e. The molecule has 1 saturated heterocycles. The average Bonchev–Trinajstić information content (AvgIpc) is 3.11. The van der Waals surface area contributed by atoms with Crippen LogP contribution in [0.4, 0.5) is 5.82 Å². The highest BCUT2D eigenvalue weighted by molar-refractivity contribution is 5.90. The molecule has 2 atom stereocenters.